The highest BCUT2D eigenvalue weighted by atomic mass is 31.2. The Hall–Kier alpha value is -3.67. The number of hydrogen-bond acceptors (Lipinski definition) is 8. The zero-order chi connectivity index (χ0) is 29.0. The summed E-state index contributed by atoms with van der Waals surface area (Å²) in [5.41, 5.74) is -0.249. The summed E-state index contributed by atoms with van der Waals surface area (Å²) in [6, 6.07) is 29.6. The minimum Gasteiger partial charge on any atom is -0.386 e. The van der Waals surface area contributed by atoms with E-state index in [1.54, 1.807) is 0 Å². The molecule has 2 heterocycles. The number of hydrogen-bond donors (Lipinski definition) is 3. The van der Waals surface area contributed by atoms with Crippen LogP contribution in [-0.4, -0.2) is 51.6 Å². The number of H-pyrrole nitrogens is 1. The number of aliphatic hydroxyl groups is 1. The summed E-state index contributed by atoms with van der Waals surface area (Å²) in [5.74, 6) is 0. The Balaban J connectivity index is 1.58. The molecule has 0 bridgehead atoms. The third-order valence-corrected chi connectivity index (χ3v) is 7.90. The number of ether oxygens (including phenoxy) is 2. The van der Waals surface area contributed by atoms with Gasteiger partial charge in [0, 0.05) is 19.4 Å². The molecular formula is C29H29N2O9P. The highest BCUT2D eigenvalue weighted by Gasteiger charge is 2.50. The van der Waals surface area contributed by atoms with Crippen molar-refractivity contribution in [1.29, 1.82) is 0 Å². The van der Waals surface area contributed by atoms with Crippen LogP contribution in [-0.2, 0) is 28.7 Å². The van der Waals surface area contributed by atoms with E-state index in [4.69, 9.17) is 14.0 Å². The Morgan fingerprint density at radius 3 is 1.88 bits per heavy atom. The fraction of sp³-hybridized carbons (Fsp3) is 0.241. The first-order valence-electron chi connectivity index (χ1n) is 12.8. The predicted octanol–water partition coefficient (Wildman–Crippen LogP) is 2.94. The van der Waals surface area contributed by atoms with Gasteiger partial charge in [-0.25, -0.2) is 9.36 Å². The molecule has 3 aromatic carbocycles. The van der Waals surface area contributed by atoms with Gasteiger partial charge in [0.2, 0.25) is 0 Å². The molecule has 1 aromatic heterocycles. The van der Waals surface area contributed by atoms with Crippen LogP contribution in [0.15, 0.2) is 113 Å². The molecule has 1 unspecified atom stereocenters. The molecule has 5 rings (SSSR count). The zero-order valence-electron chi connectivity index (χ0n) is 22.0. The van der Waals surface area contributed by atoms with Crippen LogP contribution in [0.25, 0.3) is 0 Å². The molecule has 12 heteroatoms. The van der Waals surface area contributed by atoms with Gasteiger partial charge in [-0.3, -0.25) is 23.4 Å². The maximum Gasteiger partial charge on any atom is 0.472 e. The third-order valence-electron chi connectivity index (χ3n) is 6.93. The van der Waals surface area contributed by atoms with Crippen molar-refractivity contribution in [3.63, 3.8) is 0 Å². The van der Waals surface area contributed by atoms with Crippen LogP contribution in [0.3, 0.4) is 0 Å². The van der Waals surface area contributed by atoms with Crippen LogP contribution >= 0.6 is 7.82 Å². The van der Waals surface area contributed by atoms with Crippen LogP contribution in [0.1, 0.15) is 22.9 Å². The van der Waals surface area contributed by atoms with Crippen LogP contribution in [0.5, 0.6) is 0 Å². The van der Waals surface area contributed by atoms with Gasteiger partial charge in [0.1, 0.15) is 23.9 Å². The predicted molar refractivity (Wildman–Crippen MR) is 148 cm³/mol. The smallest absolute Gasteiger partial charge is 0.386 e. The van der Waals surface area contributed by atoms with Gasteiger partial charge in [0.05, 0.1) is 6.61 Å². The van der Waals surface area contributed by atoms with Crippen molar-refractivity contribution in [3.05, 3.63) is 141 Å². The number of rotatable bonds is 10. The first-order valence-corrected chi connectivity index (χ1v) is 14.3. The van der Waals surface area contributed by atoms with Gasteiger partial charge in [-0.15, -0.1) is 0 Å². The summed E-state index contributed by atoms with van der Waals surface area (Å²) >= 11 is 0. The standard InChI is InChI=1S/C29H29N2O9P/c1-37-41(35,36)40-26-23(39-27(25(26)33)31-18-17-24(32)30-28(31)34)19-38-29(20-11-5-2-6-12-20,21-13-7-3-8-14-21)22-15-9-4-10-16-22/h2-18,23,25-27,33H,19H2,1H3,(H,35,36)(H,30,32,34)/t23-,25-,26-,27-/m1/s1. The van der Waals surface area contributed by atoms with Crippen LogP contribution in [0.2, 0.25) is 0 Å². The molecule has 11 nitrogen and oxygen atoms in total. The van der Waals surface area contributed by atoms with Crippen molar-refractivity contribution in [2.24, 2.45) is 0 Å². The van der Waals surface area contributed by atoms with E-state index in [-0.39, 0.29) is 6.61 Å². The van der Waals surface area contributed by atoms with Gasteiger partial charge in [0.15, 0.2) is 6.23 Å². The van der Waals surface area contributed by atoms with Gasteiger partial charge in [-0.05, 0) is 16.7 Å². The van der Waals surface area contributed by atoms with Crippen molar-refractivity contribution < 1.29 is 33.1 Å². The summed E-state index contributed by atoms with van der Waals surface area (Å²) in [7, 11) is -3.62. The Morgan fingerprint density at radius 1 is 0.902 bits per heavy atom. The highest BCUT2D eigenvalue weighted by Crippen LogP contribution is 2.48. The molecular weight excluding hydrogens is 551 g/mol. The molecule has 3 N–H and O–H groups in total. The molecule has 4 aromatic rings. The minimum atomic E-state index is -4.61. The second kappa shape index (κ2) is 12.1. The van der Waals surface area contributed by atoms with Crippen LogP contribution < -0.4 is 11.2 Å². The van der Waals surface area contributed by atoms with Gasteiger partial charge in [-0.2, -0.15) is 0 Å². The Kier molecular flexibility index (Phi) is 8.48. The molecule has 214 valence electrons. The molecule has 1 saturated heterocycles. The number of aromatic nitrogens is 2. The average molecular weight is 581 g/mol. The van der Waals surface area contributed by atoms with E-state index in [1.807, 2.05) is 91.0 Å². The molecule has 0 saturated carbocycles. The second-order valence-corrected chi connectivity index (χ2v) is 10.9. The van der Waals surface area contributed by atoms with Gasteiger partial charge >= 0.3 is 13.5 Å². The second-order valence-electron chi connectivity index (χ2n) is 9.38. The van der Waals surface area contributed by atoms with Gasteiger partial charge in [0.25, 0.3) is 5.56 Å². The molecule has 0 spiro atoms. The fourth-order valence-corrected chi connectivity index (χ4v) is 5.67. The summed E-state index contributed by atoms with van der Waals surface area (Å²) in [5, 5.41) is 11.2. The fourth-order valence-electron chi connectivity index (χ4n) is 5.01. The average Bonchev–Trinajstić information content (AvgIpc) is 3.29. The molecule has 0 amide bonds. The van der Waals surface area contributed by atoms with E-state index >= 15 is 0 Å². The van der Waals surface area contributed by atoms with E-state index in [2.05, 4.69) is 9.51 Å². The molecule has 1 aliphatic heterocycles. The lowest BCUT2D eigenvalue weighted by Crippen LogP contribution is -2.41. The number of phosphoric ester groups is 1. The van der Waals surface area contributed by atoms with Gasteiger partial charge < -0.3 is 19.5 Å². The number of phosphoric acid groups is 1. The van der Waals surface area contributed by atoms with Crippen molar-refractivity contribution in [3.8, 4) is 0 Å². The van der Waals surface area contributed by atoms with E-state index in [9.17, 15) is 24.2 Å². The van der Waals surface area contributed by atoms with Crippen LogP contribution in [0, 0.1) is 0 Å². The molecule has 0 aliphatic carbocycles. The number of benzene rings is 3. The molecule has 5 atom stereocenters. The first-order chi connectivity index (χ1) is 19.7. The van der Waals surface area contributed by atoms with Crippen LogP contribution in [0.4, 0.5) is 0 Å². The quantitative estimate of drug-likeness (QED) is 0.190. The lowest BCUT2D eigenvalue weighted by molar-refractivity contribution is -0.0953. The number of aromatic amines is 1. The maximum atomic E-state index is 12.5. The van der Waals surface area contributed by atoms with E-state index in [0.717, 1.165) is 40.6 Å². The SMILES string of the molecule is COP(=O)(O)O[C@H]1[C@@H](O)[C@H](n2ccc(=O)[nH]c2=O)O[C@@H]1COC(c1ccccc1)(c1ccccc1)c1ccccc1. The molecule has 1 fully saturated rings. The lowest BCUT2D eigenvalue weighted by atomic mass is 9.80. The van der Waals surface area contributed by atoms with E-state index < -0.39 is 49.2 Å². The molecule has 41 heavy (non-hydrogen) atoms. The first kappa shape index (κ1) is 28.8. The van der Waals surface area contributed by atoms with Crippen molar-refractivity contribution >= 4 is 7.82 Å². The Labute approximate surface area is 235 Å². The maximum absolute atomic E-state index is 12.5. The summed E-state index contributed by atoms with van der Waals surface area (Å²) in [6.07, 6.45) is -4.42. The van der Waals surface area contributed by atoms with Gasteiger partial charge in [-0.1, -0.05) is 91.0 Å². The number of nitrogens with one attached hydrogen (secondary N) is 1. The molecule has 0 radical (unpaired) electrons. The third kappa shape index (κ3) is 5.88. The monoisotopic (exact) mass is 580 g/mol. The topological polar surface area (TPSA) is 149 Å². The molecule has 1 aliphatic rings. The Bertz CT molecular complexity index is 1520. The highest BCUT2D eigenvalue weighted by molar-refractivity contribution is 7.47. The lowest BCUT2D eigenvalue weighted by Gasteiger charge is -2.37. The summed E-state index contributed by atoms with van der Waals surface area (Å²) < 4.78 is 36.1. The van der Waals surface area contributed by atoms with Crippen molar-refractivity contribution in [1.82, 2.24) is 9.55 Å². The minimum absolute atomic E-state index is 0.251. The number of aliphatic hydroxyl groups excluding tert-OH is 1. The normalized spacial score (nSPS) is 22.3. The van der Waals surface area contributed by atoms with Crippen molar-refractivity contribution in [2.45, 2.75) is 30.1 Å². The number of nitrogens with zero attached hydrogens (tertiary/aromatic N) is 1. The Morgan fingerprint density at radius 2 is 1.41 bits per heavy atom. The van der Waals surface area contributed by atoms with Crippen molar-refractivity contribution in [2.75, 3.05) is 13.7 Å². The largest absolute Gasteiger partial charge is 0.472 e. The van der Waals surface area contributed by atoms with E-state index in [1.165, 1.54) is 0 Å². The van der Waals surface area contributed by atoms with E-state index in [0.29, 0.717) is 0 Å². The zero-order valence-corrected chi connectivity index (χ0v) is 22.9. The summed E-state index contributed by atoms with van der Waals surface area (Å²) in [6.45, 7) is -0.251. The summed E-state index contributed by atoms with van der Waals surface area (Å²) in [4.78, 5) is 36.3.